The van der Waals surface area contributed by atoms with Crippen molar-refractivity contribution >= 4 is 16.8 Å². The van der Waals surface area contributed by atoms with Crippen LogP contribution in [-0.2, 0) is 11.3 Å². The number of nitrogens with one attached hydrogen (secondary N) is 1. The van der Waals surface area contributed by atoms with Gasteiger partial charge < -0.3 is 10.1 Å². The predicted molar refractivity (Wildman–Crippen MR) is 93.7 cm³/mol. The SMILES string of the molecule is C=CC(=O)NCc1nc(-c2ccc(OC(F)(F)F)cc2)c2ccccc2n1. The summed E-state index contributed by atoms with van der Waals surface area (Å²) in [6.45, 7) is 3.47. The molecule has 0 aliphatic carbocycles. The minimum Gasteiger partial charge on any atom is -0.406 e. The first kappa shape index (κ1) is 18.4. The third-order valence-electron chi connectivity index (χ3n) is 3.62. The van der Waals surface area contributed by atoms with Crippen molar-refractivity contribution in [3.05, 3.63) is 67.0 Å². The third kappa shape index (κ3) is 4.60. The van der Waals surface area contributed by atoms with E-state index < -0.39 is 6.36 Å². The van der Waals surface area contributed by atoms with E-state index in [0.29, 0.717) is 22.6 Å². The quantitative estimate of drug-likeness (QED) is 0.687. The molecule has 0 aliphatic rings. The largest absolute Gasteiger partial charge is 0.573 e. The average Bonchev–Trinajstić information content (AvgIpc) is 2.65. The summed E-state index contributed by atoms with van der Waals surface area (Å²) < 4.78 is 40.9. The van der Waals surface area contributed by atoms with Crippen molar-refractivity contribution in [1.82, 2.24) is 15.3 Å². The summed E-state index contributed by atoms with van der Waals surface area (Å²) in [5.41, 5.74) is 1.79. The first-order chi connectivity index (χ1) is 12.9. The van der Waals surface area contributed by atoms with Crippen molar-refractivity contribution in [3.8, 4) is 17.0 Å². The Hall–Kier alpha value is -3.42. The number of alkyl halides is 3. The van der Waals surface area contributed by atoms with E-state index in [9.17, 15) is 18.0 Å². The number of aromatic nitrogens is 2. The molecule has 0 unspecified atom stereocenters. The van der Waals surface area contributed by atoms with Crippen molar-refractivity contribution in [2.75, 3.05) is 0 Å². The van der Waals surface area contributed by atoms with Crippen LogP contribution in [0.1, 0.15) is 5.82 Å². The van der Waals surface area contributed by atoms with Crippen LogP contribution in [0.15, 0.2) is 61.2 Å². The molecule has 1 heterocycles. The second-order valence-corrected chi connectivity index (χ2v) is 5.50. The molecule has 1 N–H and O–H groups in total. The van der Waals surface area contributed by atoms with E-state index >= 15 is 0 Å². The van der Waals surface area contributed by atoms with Gasteiger partial charge in [-0.05, 0) is 36.4 Å². The Bertz CT molecular complexity index is 986. The van der Waals surface area contributed by atoms with Gasteiger partial charge >= 0.3 is 6.36 Å². The number of benzene rings is 2. The molecule has 0 saturated carbocycles. The number of nitrogens with zero attached hydrogens (tertiary/aromatic N) is 2. The maximum absolute atomic E-state index is 12.3. The Kier molecular flexibility index (Phi) is 5.07. The molecule has 2 aromatic carbocycles. The van der Waals surface area contributed by atoms with Crippen LogP contribution in [0.5, 0.6) is 5.75 Å². The molecule has 0 saturated heterocycles. The number of hydrogen-bond acceptors (Lipinski definition) is 4. The highest BCUT2D eigenvalue weighted by Gasteiger charge is 2.31. The molecule has 3 aromatic rings. The van der Waals surface area contributed by atoms with Gasteiger partial charge in [0.1, 0.15) is 11.6 Å². The molecule has 8 heteroatoms. The first-order valence-electron chi connectivity index (χ1n) is 7.88. The van der Waals surface area contributed by atoms with Crippen LogP contribution >= 0.6 is 0 Å². The van der Waals surface area contributed by atoms with Crippen LogP contribution in [0.3, 0.4) is 0 Å². The molecule has 138 valence electrons. The van der Waals surface area contributed by atoms with Gasteiger partial charge in [0.25, 0.3) is 0 Å². The summed E-state index contributed by atoms with van der Waals surface area (Å²) in [5, 5.41) is 3.34. The fourth-order valence-electron chi connectivity index (χ4n) is 2.48. The number of fused-ring (bicyclic) bond motifs is 1. The van der Waals surface area contributed by atoms with Crippen LogP contribution in [0.25, 0.3) is 22.2 Å². The van der Waals surface area contributed by atoms with Crippen LogP contribution in [0, 0.1) is 0 Å². The number of halogens is 3. The number of para-hydroxylation sites is 1. The van der Waals surface area contributed by atoms with Gasteiger partial charge in [0, 0.05) is 10.9 Å². The fraction of sp³-hybridized carbons (Fsp3) is 0.105. The summed E-state index contributed by atoms with van der Waals surface area (Å²) in [6, 6.07) is 12.7. The lowest BCUT2D eigenvalue weighted by molar-refractivity contribution is -0.274. The molecule has 0 radical (unpaired) electrons. The highest BCUT2D eigenvalue weighted by atomic mass is 19.4. The average molecular weight is 373 g/mol. The summed E-state index contributed by atoms with van der Waals surface area (Å²) in [6.07, 6.45) is -3.61. The molecule has 0 bridgehead atoms. The number of amides is 1. The molecule has 0 spiro atoms. The second-order valence-electron chi connectivity index (χ2n) is 5.50. The molecule has 3 rings (SSSR count). The number of ether oxygens (including phenoxy) is 1. The Morgan fingerprint density at radius 1 is 1.11 bits per heavy atom. The normalized spacial score (nSPS) is 11.2. The molecular weight excluding hydrogens is 359 g/mol. The smallest absolute Gasteiger partial charge is 0.406 e. The van der Waals surface area contributed by atoms with Gasteiger partial charge in [0.15, 0.2) is 0 Å². The Morgan fingerprint density at radius 2 is 1.81 bits per heavy atom. The van der Waals surface area contributed by atoms with E-state index in [4.69, 9.17) is 0 Å². The zero-order valence-electron chi connectivity index (χ0n) is 14.0. The van der Waals surface area contributed by atoms with Gasteiger partial charge in [-0.2, -0.15) is 0 Å². The van der Waals surface area contributed by atoms with Crippen LogP contribution in [0.2, 0.25) is 0 Å². The summed E-state index contributed by atoms with van der Waals surface area (Å²) in [4.78, 5) is 20.2. The van der Waals surface area contributed by atoms with Gasteiger partial charge in [-0.25, -0.2) is 9.97 Å². The van der Waals surface area contributed by atoms with Gasteiger partial charge in [0.2, 0.25) is 5.91 Å². The molecule has 0 aliphatic heterocycles. The van der Waals surface area contributed by atoms with E-state index in [2.05, 4.69) is 26.6 Å². The van der Waals surface area contributed by atoms with E-state index in [1.54, 1.807) is 6.07 Å². The predicted octanol–water partition coefficient (Wildman–Crippen LogP) is 4.00. The lowest BCUT2D eigenvalue weighted by atomic mass is 10.1. The molecule has 5 nitrogen and oxygen atoms in total. The Balaban J connectivity index is 1.99. The fourth-order valence-corrected chi connectivity index (χ4v) is 2.48. The lowest BCUT2D eigenvalue weighted by Crippen LogP contribution is -2.21. The number of carbonyl (C=O) groups is 1. The summed E-state index contributed by atoms with van der Waals surface area (Å²) >= 11 is 0. The molecule has 0 atom stereocenters. The monoisotopic (exact) mass is 373 g/mol. The highest BCUT2D eigenvalue weighted by molar-refractivity contribution is 5.92. The number of hydrogen-bond donors (Lipinski definition) is 1. The zero-order chi connectivity index (χ0) is 19.4. The van der Waals surface area contributed by atoms with E-state index in [1.165, 1.54) is 24.3 Å². The molecule has 0 fully saturated rings. The first-order valence-corrected chi connectivity index (χ1v) is 7.88. The van der Waals surface area contributed by atoms with Crippen molar-refractivity contribution in [2.45, 2.75) is 12.9 Å². The summed E-state index contributed by atoms with van der Waals surface area (Å²) in [7, 11) is 0. The number of carbonyl (C=O) groups excluding carboxylic acids is 1. The van der Waals surface area contributed by atoms with Gasteiger partial charge in [-0.15, -0.1) is 13.2 Å². The van der Waals surface area contributed by atoms with Crippen LogP contribution in [0.4, 0.5) is 13.2 Å². The molecule has 1 amide bonds. The van der Waals surface area contributed by atoms with Crippen LogP contribution in [-0.4, -0.2) is 22.2 Å². The van der Waals surface area contributed by atoms with Gasteiger partial charge in [-0.1, -0.05) is 24.8 Å². The molecule has 27 heavy (non-hydrogen) atoms. The standard InChI is InChI=1S/C19H14F3N3O2/c1-2-17(26)23-11-16-24-15-6-4-3-5-14(15)18(25-16)12-7-9-13(10-8-12)27-19(20,21)22/h2-10H,1,11H2,(H,23,26). The third-order valence-corrected chi connectivity index (χ3v) is 3.62. The zero-order valence-corrected chi connectivity index (χ0v) is 14.0. The van der Waals surface area contributed by atoms with Gasteiger partial charge in [-0.3, -0.25) is 4.79 Å². The molecule has 1 aromatic heterocycles. The van der Waals surface area contributed by atoms with E-state index in [-0.39, 0.29) is 18.2 Å². The van der Waals surface area contributed by atoms with Crippen molar-refractivity contribution < 1.29 is 22.7 Å². The summed E-state index contributed by atoms with van der Waals surface area (Å²) in [5.74, 6) is -0.306. The lowest BCUT2D eigenvalue weighted by Gasteiger charge is -2.11. The Morgan fingerprint density at radius 3 is 2.48 bits per heavy atom. The van der Waals surface area contributed by atoms with E-state index in [0.717, 1.165) is 11.5 Å². The minimum absolute atomic E-state index is 0.0952. The van der Waals surface area contributed by atoms with E-state index in [1.807, 2.05) is 18.2 Å². The maximum atomic E-state index is 12.3. The molecular formula is C19H14F3N3O2. The Labute approximate surface area is 152 Å². The number of rotatable bonds is 5. The minimum atomic E-state index is -4.75. The van der Waals surface area contributed by atoms with Crippen LogP contribution < -0.4 is 10.1 Å². The van der Waals surface area contributed by atoms with Gasteiger partial charge in [0.05, 0.1) is 17.8 Å². The second kappa shape index (κ2) is 7.45. The van der Waals surface area contributed by atoms with Crippen molar-refractivity contribution in [3.63, 3.8) is 0 Å². The topological polar surface area (TPSA) is 64.1 Å². The van der Waals surface area contributed by atoms with Crippen molar-refractivity contribution in [1.29, 1.82) is 0 Å². The van der Waals surface area contributed by atoms with Crippen molar-refractivity contribution in [2.24, 2.45) is 0 Å². The highest BCUT2D eigenvalue weighted by Crippen LogP contribution is 2.29. The maximum Gasteiger partial charge on any atom is 0.573 e.